The smallest absolute Gasteiger partial charge is 0.0447 e. The van der Waals surface area contributed by atoms with Crippen LogP contribution < -0.4 is 5.32 Å². The van der Waals surface area contributed by atoms with Gasteiger partial charge in [-0.25, -0.2) is 0 Å². The van der Waals surface area contributed by atoms with Crippen LogP contribution in [0.4, 0.5) is 5.69 Å². The Bertz CT molecular complexity index is 564. The molecule has 17 heavy (non-hydrogen) atoms. The third kappa shape index (κ3) is 1.54. The molecule has 0 amide bonds. The standard InChI is InChI=1S/C15H14ClN/c1-15(11-6-2-4-8-13(11)16)10-17-14-9-5-3-7-12(14)15/h2-9,17H,10H2,1H3. The maximum Gasteiger partial charge on any atom is 0.0447 e. The van der Waals surface area contributed by atoms with Crippen LogP contribution in [0.3, 0.4) is 0 Å². The van der Waals surface area contributed by atoms with Crippen molar-refractivity contribution < 1.29 is 0 Å². The lowest BCUT2D eigenvalue weighted by Gasteiger charge is -2.26. The Morgan fingerprint density at radius 1 is 1.00 bits per heavy atom. The number of halogens is 1. The predicted molar refractivity (Wildman–Crippen MR) is 72.8 cm³/mol. The highest BCUT2D eigenvalue weighted by Crippen LogP contribution is 2.43. The molecule has 0 aromatic heterocycles. The molecule has 0 spiro atoms. The highest BCUT2D eigenvalue weighted by atomic mass is 35.5. The van der Waals surface area contributed by atoms with Gasteiger partial charge in [-0.05, 0) is 30.2 Å². The molecule has 2 aromatic carbocycles. The first-order chi connectivity index (χ1) is 8.22. The van der Waals surface area contributed by atoms with Crippen molar-refractivity contribution in [3.63, 3.8) is 0 Å². The SMILES string of the molecule is CC1(c2ccccc2Cl)CNc2ccccc21. The maximum absolute atomic E-state index is 6.33. The normalized spacial score (nSPS) is 22.0. The Hall–Kier alpha value is -1.47. The third-order valence-corrected chi connectivity index (χ3v) is 3.95. The quantitative estimate of drug-likeness (QED) is 0.796. The van der Waals surface area contributed by atoms with Crippen molar-refractivity contribution in [3.05, 3.63) is 64.7 Å². The molecule has 0 saturated heterocycles. The van der Waals surface area contributed by atoms with Crippen LogP contribution in [0.25, 0.3) is 0 Å². The van der Waals surface area contributed by atoms with Crippen molar-refractivity contribution in [2.45, 2.75) is 12.3 Å². The van der Waals surface area contributed by atoms with E-state index in [1.807, 2.05) is 18.2 Å². The van der Waals surface area contributed by atoms with Crippen molar-refractivity contribution in [1.29, 1.82) is 0 Å². The lowest BCUT2D eigenvalue weighted by Crippen LogP contribution is -2.26. The highest BCUT2D eigenvalue weighted by molar-refractivity contribution is 6.31. The highest BCUT2D eigenvalue weighted by Gasteiger charge is 2.36. The van der Waals surface area contributed by atoms with E-state index in [-0.39, 0.29) is 5.41 Å². The second kappa shape index (κ2) is 3.78. The van der Waals surface area contributed by atoms with Gasteiger partial charge in [-0.2, -0.15) is 0 Å². The summed E-state index contributed by atoms with van der Waals surface area (Å²) in [4.78, 5) is 0. The van der Waals surface area contributed by atoms with Crippen LogP contribution in [0.1, 0.15) is 18.1 Å². The number of para-hydroxylation sites is 1. The van der Waals surface area contributed by atoms with Gasteiger partial charge in [-0.3, -0.25) is 0 Å². The van der Waals surface area contributed by atoms with E-state index in [0.29, 0.717) is 0 Å². The molecule has 1 aliphatic rings. The van der Waals surface area contributed by atoms with E-state index in [9.17, 15) is 0 Å². The minimum absolute atomic E-state index is 0.0328. The molecule has 0 bridgehead atoms. The molecule has 2 aromatic rings. The minimum atomic E-state index is -0.0328. The molecule has 1 N–H and O–H groups in total. The van der Waals surface area contributed by atoms with Crippen molar-refractivity contribution in [2.75, 3.05) is 11.9 Å². The molecule has 1 unspecified atom stereocenters. The van der Waals surface area contributed by atoms with Crippen LogP contribution in [0.5, 0.6) is 0 Å². The fourth-order valence-corrected chi connectivity index (χ4v) is 2.98. The van der Waals surface area contributed by atoms with E-state index in [2.05, 4.69) is 42.6 Å². The number of nitrogens with one attached hydrogen (secondary N) is 1. The molecular formula is C15H14ClN. The number of fused-ring (bicyclic) bond motifs is 1. The summed E-state index contributed by atoms with van der Waals surface area (Å²) in [6, 6.07) is 16.5. The Morgan fingerprint density at radius 2 is 1.65 bits per heavy atom. The number of rotatable bonds is 1. The lowest BCUT2D eigenvalue weighted by atomic mass is 9.78. The van der Waals surface area contributed by atoms with Crippen LogP contribution in [0, 0.1) is 0 Å². The van der Waals surface area contributed by atoms with Crippen molar-refractivity contribution in [3.8, 4) is 0 Å². The monoisotopic (exact) mass is 243 g/mol. The molecular weight excluding hydrogens is 230 g/mol. The molecule has 0 radical (unpaired) electrons. The maximum atomic E-state index is 6.33. The molecule has 1 heterocycles. The Kier molecular flexibility index (Phi) is 2.37. The summed E-state index contributed by atoms with van der Waals surface area (Å²) < 4.78 is 0. The largest absolute Gasteiger partial charge is 0.384 e. The van der Waals surface area contributed by atoms with Crippen LogP contribution >= 0.6 is 11.6 Å². The Morgan fingerprint density at radius 3 is 2.41 bits per heavy atom. The number of anilines is 1. The molecule has 3 rings (SSSR count). The summed E-state index contributed by atoms with van der Waals surface area (Å²) in [5.41, 5.74) is 3.71. The lowest BCUT2D eigenvalue weighted by molar-refractivity contribution is 0.636. The van der Waals surface area contributed by atoms with Gasteiger partial charge in [0.15, 0.2) is 0 Å². The summed E-state index contributed by atoms with van der Waals surface area (Å²) in [5.74, 6) is 0. The predicted octanol–water partition coefficient (Wildman–Crippen LogP) is 4.07. The molecule has 1 aliphatic heterocycles. The van der Waals surface area contributed by atoms with Crippen molar-refractivity contribution >= 4 is 17.3 Å². The van der Waals surface area contributed by atoms with Gasteiger partial charge >= 0.3 is 0 Å². The number of hydrogen-bond donors (Lipinski definition) is 1. The summed E-state index contributed by atoms with van der Waals surface area (Å²) >= 11 is 6.33. The van der Waals surface area contributed by atoms with Crippen molar-refractivity contribution in [1.82, 2.24) is 0 Å². The first-order valence-electron chi connectivity index (χ1n) is 5.80. The zero-order valence-electron chi connectivity index (χ0n) is 9.70. The summed E-state index contributed by atoms with van der Waals surface area (Å²) in [7, 11) is 0. The molecule has 0 aliphatic carbocycles. The second-order valence-corrected chi connectivity index (χ2v) is 5.12. The van der Waals surface area contributed by atoms with E-state index in [4.69, 9.17) is 11.6 Å². The van der Waals surface area contributed by atoms with Gasteiger partial charge in [0.05, 0.1) is 0 Å². The van der Waals surface area contributed by atoms with Crippen LogP contribution in [-0.2, 0) is 5.41 Å². The van der Waals surface area contributed by atoms with E-state index in [1.54, 1.807) is 0 Å². The molecule has 2 heteroatoms. The zero-order chi connectivity index (χ0) is 11.9. The first kappa shape index (κ1) is 10.7. The van der Waals surface area contributed by atoms with E-state index in [1.165, 1.54) is 16.8 Å². The van der Waals surface area contributed by atoms with Gasteiger partial charge in [0.25, 0.3) is 0 Å². The molecule has 0 saturated carbocycles. The average Bonchev–Trinajstić information content (AvgIpc) is 2.70. The van der Waals surface area contributed by atoms with E-state index in [0.717, 1.165) is 11.6 Å². The van der Waals surface area contributed by atoms with Gasteiger partial charge in [0.1, 0.15) is 0 Å². The van der Waals surface area contributed by atoms with Gasteiger partial charge in [-0.1, -0.05) is 48.0 Å². The molecule has 86 valence electrons. The Labute approximate surface area is 106 Å². The average molecular weight is 244 g/mol. The molecule has 1 nitrogen and oxygen atoms in total. The first-order valence-corrected chi connectivity index (χ1v) is 6.18. The fraction of sp³-hybridized carbons (Fsp3) is 0.200. The molecule has 0 fully saturated rings. The van der Waals surface area contributed by atoms with Crippen molar-refractivity contribution in [2.24, 2.45) is 0 Å². The third-order valence-electron chi connectivity index (χ3n) is 3.62. The van der Waals surface area contributed by atoms with Gasteiger partial charge in [0, 0.05) is 22.7 Å². The van der Waals surface area contributed by atoms with Crippen LogP contribution in [-0.4, -0.2) is 6.54 Å². The van der Waals surface area contributed by atoms with Gasteiger partial charge in [-0.15, -0.1) is 0 Å². The number of hydrogen-bond acceptors (Lipinski definition) is 1. The minimum Gasteiger partial charge on any atom is -0.384 e. The van der Waals surface area contributed by atoms with Crippen LogP contribution in [0.2, 0.25) is 5.02 Å². The summed E-state index contributed by atoms with van der Waals surface area (Å²) in [6.45, 7) is 3.14. The summed E-state index contributed by atoms with van der Waals surface area (Å²) in [6.07, 6.45) is 0. The number of benzene rings is 2. The zero-order valence-corrected chi connectivity index (χ0v) is 10.5. The topological polar surface area (TPSA) is 12.0 Å². The van der Waals surface area contributed by atoms with Gasteiger partial charge < -0.3 is 5.32 Å². The van der Waals surface area contributed by atoms with E-state index < -0.39 is 0 Å². The van der Waals surface area contributed by atoms with E-state index >= 15 is 0 Å². The molecule has 1 atom stereocenters. The van der Waals surface area contributed by atoms with Gasteiger partial charge in [0.2, 0.25) is 0 Å². The van der Waals surface area contributed by atoms with Crippen LogP contribution in [0.15, 0.2) is 48.5 Å². The summed E-state index contributed by atoms with van der Waals surface area (Å²) in [5, 5.41) is 4.30. The fourth-order valence-electron chi connectivity index (χ4n) is 2.63. The second-order valence-electron chi connectivity index (χ2n) is 4.71. The Balaban J connectivity index is 2.19.